The van der Waals surface area contributed by atoms with Crippen molar-refractivity contribution in [3.63, 3.8) is 0 Å². The normalized spacial score (nSPS) is 42.5. The zero-order valence-corrected chi connectivity index (χ0v) is 17.3. The number of piperidine rings is 1. The van der Waals surface area contributed by atoms with Crippen molar-refractivity contribution in [2.75, 3.05) is 26.2 Å². The molecule has 29 heavy (non-hydrogen) atoms. The molecule has 0 aromatic heterocycles. The lowest BCUT2D eigenvalue weighted by Crippen LogP contribution is -2.76. The largest absolute Gasteiger partial charge is 0.508 e. The number of aliphatic hydroxyl groups is 2. The summed E-state index contributed by atoms with van der Waals surface area (Å²) in [7, 11) is 0. The summed E-state index contributed by atoms with van der Waals surface area (Å²) in [5.74, 6) is 1.08. The molecule has 1 aromatic rings. The SMILES string of the molecule is Oc1ccc2c(c1)C13CCN(CC4CC4)C(C2)C1(O)CC(N1CCCC1)C(O)C3. The Bertz CT molecular complexity index is 805. The second-order valence-corrected chi connectivity index (χ2v) is 10.5. The molecule has 158 valence electrons. The highest BCUT2D eigenvalue weighted by Crippen LogP contribution is 2.59. The maximum Gasteiger partial charge on any atom is 0.115 e. The van der Waals surface area contributed by atoms with E-state index in [4.69, 9.17) is 0 Å². The average molecular weight is 399 g/mol. The molecule has 2 aliphatic heterocycles. The molecule has 5 unspecified atom stereocenters. The van der Waals surface area contributed by atoms with Gasteiger partial charge in [-0.25, -0.2) is 0 Å². The van der Waals surface area contributed by atoms with Crippen molar-refractivity contribution in [3.05, 3.63) is 29.3 Å². The van der Waals surface area contributed by atoms with E-state index in [9.17, 15) is 15.3 Å². The summed E-state index contributed by atoms with van der Waals surface area (Å²) in [4.78, 5) is 5.00. The first kappa shape index (κ1) is 18.6. The lowest BCUT2D eigenvalue weighted by Gasteiger charge is -2.66. The van der Waals surface area contributed by atoms with Gasteiger partial charge in [-0.1, -0.05) is 6.07 Å². The number of benzene rings is 1. The number of hydrogen-bond donors (Lipinski definition) is 3. The van der Waals surface area contributed by atoms with Crippen LogP contribution in [0.1, 0.15) is 56.1 Å². The number of likely N-dealkylation sites (tertiary alicyclic amines) is 2. The molecule has 5 nitrogen and oxygen atoms in total. The number of aromatic hydroxyl groups is 1. The summed E-state index contributed by atoms with van der Waals surface area (Å²) >= 11 is 0. The van der Waals surface area contributed by atoms with E-state index in [2.05, 4.69) is 15.9 Å². The van der Waals surface area contributed by atoms with E-state index in [1.54, 1.807) is 6.07 Å². The van der Waals surface area contributed by atoms with Gasteiger partial charge >= 0.3 is 0 Å². The third-order valence-corrected chi connectivity index (χ3v) is 8.99. The predicted octanol–water partition coefficient (Wildman–Crippen LogP) is 2.02. The van der Waals surface area contributed by atoms with Crippen molar-refractivity contribution in [2.24, 2.45) is 5.92 Å². The minimum atomic E-state index is -0.840. The smallest absolute Gasteiger partial charge is 0.115 e. The molecule has 2 bridgehead atoms. The summed E-state index contributed by atoms with van der Waals surface area (Å²) < 4.78 is 0. The van der Waals surface area contributed by atoms with Gasteiger partial charge in [0.15, 0.2) is 0 Å². The summed E-state index contributed by atoms with van der Waals surface area (Å²) in [6, 6.07) is 5.89. The van der Waals surface area contributed by atoms with Gasteiger partial charge in [-0.3, -0.25) is 9.80 Å². The van der Waals surface area contributed by atoms with Gasteiger partial charge in [0.1, 0.15) is 5.75 Å². The average Bonchev–Trinajstić information content (AvgIpc) is 3.34. The monoisotopic (exact) mass is 398 g/mol. The standard InChI is InChI=1S/C24H34N2O3/c27-18-6-5-17-11-22-24(29)13-20(25-8-1-2-9-25)21(28)14-23(24,19(17)12-18)7-10-26(22)15-16-3-4-16/h5-6,12,16,20-22,27-29H,1-4,7-11,13-15H2. The third kappa shape index (κ3) is 2.67. The number of phenolic OH excluding ortho intramolecular Hbond substituents is 1. The molecule has 0 spiro atoms. The van der Waals surface area contributed by atoms with E-state index in [0.717, 1.165) is 50.5 Å². The van der Waals surface area contributed by atoms with Crippen molar-refractivity contribution in [2.45, 2.75) is 80.6 Å². The van der Waals surface area contributed by atoms with Crippen LogP contribution in [-0.2, 0) is 11.8 Å². The molecular weight excluding hydrogens is 364 g/mol. The predicted molar refractivity (Wildman–Crippen MR) is 111 cm³/mol. The van der Waals surface area contributed by atoms with Gasteiger partial charge in [-0.15, -0.1) is 0 Å². The molecule has 3 N–H and O–H groups in total. The van der Waals surface area contributed by atoms with Crippen LogP contribution in [-0.4, -0.2) is 75.1 Å². The Hall–Kier alpha value is -1.14. The molecule has 4 fully saturated rings. The zero-order valence-electron chi connectivity index (χ0n) is 17.3. The number of fused-ring (bicyclic) bond motifs is 1. The molecule has 2 saturated heterocycles. The molecule has 0 radical (unpaired) electrons. The van der Waals surface area contributed by atoms with Gasteiger partial charge in [0.2, 0.25) is 0 Å². The van der Waals surface area contributed by atoms with E-state index in [1.807, 2.05) is 6.07 Å². The van der Waals surface area contributed by atoms with E-state index < -0.39 is 17.1 Å². The first-order chi connectivity index (χ1) is 14.0. The van der Waals surface area contributed by atoms with Gasteiger partial charge in [-0.05, 0) is 100 Å². The van der Waals surface area contributed by atoms with Crippen LogP contribution in [0, 0.1) is 5.92 Å². The fraction of sp³-hybridized carbons (Fsp3) is 0.750. The molecule has 0 amide bonds. The first-order valence-corrected chi connectivity index (χ1v) is 11.7. The lowest BCUT2D eigenvalue weighted by molar-refractivity contribution is -0.199. The Morgan fingerprint density at radius 3 is 2.62 bits per heavy atom. The third-order valence-electron chi connectivity index (χ3n) is 8.99. The van der Waals surface area contributed by atoms with E-state index >= 15 is 0 Å². The van der Waals surface area contributed by atoms with Crippen molar-refractivity contribution >= 4 is 0 Å². The zero-order chi connectivity index (χ0) is 19.8. The molecule has 1 aromatic carbocycles. The van der Waals surface area contributed by atoms with Gasteiger partial charge in [-0.2, -0.15) is 0 Å². The van der Waals surface area contributed by atoms with Crippen LogP contribution in [0.15, 0.2) is 18.2 Å². The van der Waals surface area contributed by atoms with Crippen LogP contribution in [0.5, 0.6) is 5.75 Å². The van der Waals surface area contributed by atoms with E-state index in [-0.39, 0.29) is 17.8 Å². The maximum absolute atomic E-state index is 12.5. The highest BCUT2D eigenvalue weighted by Gasteiger charge is 2.66. The van der Waals surface area contributed by atoms with Crippen molar-refractivity contribution in [1.82, 2.24) is 9.80 Å². The minimum absolute atomic E-state index is 0.0536. The maximum atomic E-state index is 12.5. The van der Waals surface area contributed by atoms with Gasteiger partial charge < -0.3 is 15.3 Å². The summed E-state index contributed by atoms with van der Waals surface area (Å²) in [5.41, 5.74) is 1.07. The highest BCUT2D eigenvalue weighted by molar-refractivity contribution is 5.48. The van der Waals surface area contributed by atoms with Crippen LogP contribution < -0.4 is 0 Å². The van der Waals surface area contributed by atoms with Gasteiger partial charge in [0.05, 0.1) is 11.7 Å². The minimum Gasteiger partial charge on any atom is -0.508 e. The molecule has 2 heterocycles. The quantitative estimate of drug-likeness (QED) is 0.727. The van der Waals surface area contributed by atoms with Crippen LogP contribution in [0.25, 0.3) is 0 Å². The topological polar surface area (TPSA) is 67.2 Å². The second-order valence-electron chi connectivity index (χ2n) is 10.5. The first-order valence-electron chi connectivity index (χ1n) is 11.7. The summed E-state index contributed by atoms with van der Waals surface area (Å²) in [6.07, 6.45) is 7.60. The van der Waals surface area contributed by atoms with Gasteiger partial charge in [0.25, 0.3) is 0 Å². The number of aliphatic hydroxyl groups excluding tert-OH is 1. The number of nitrogens with zero attached hydrogens (tertiary/aromatic N) is 2. The van der Waals surface area contributed by atoms with Crippen LogP contribution in [0.4, 0.5) is 0 Å². The fourth-order valence-corrected chi connectivity index (χ4v) is 7.35. The molecule has 5 heteroatoms. The van der Waals surface area contributed by atoms with Crippen molar-refractivity contribution in [1.29, 1.82) is 0 Å². The Kier molecular flexibility index (Phi) is 4.13. The lowest BCUT2D eigenvalue weighted by atomic mass is 9.48. The van der Waals surface area contributed by atoms with E-state index in [1.165, 1.54) is 31.2 Å². The van der Waals surface area contributed by atoms with Crippen molar-refractivity contribution in [3.8, 4) is 5.75 Å². The number of hydrogen-bond acceptors (Lipinski definition) is 5. The molecule has 6 rings (SSSR count). The summed E-state index contributed by atoms with van der Waals surface area (Å²) in [5, 5.41) is 34.0. The number of phenols is 1. The molecule has 2 saturated carbocycles. The molecular formula is C24H34N2O3. The molecule has 3 aliphatic carbocycles. The Balaban J connectivity index is 1.45. The molecule has 5 aliphatic rings. The van der Waals surface area contributed by atoms with Crippen LogP contribution >= 0.6 is 0 Å². The van der Waals surface area contributed by atoms with Crippen LogP contribution in [0.3, 0.4) is 0 Å². The van der Waals surface area contributed by atoms with Crippen LogP contribution in [0.2, 0.25) is 0 Å². The number of rotatable bonds is 3. The van der Waals surface area contributed by atoms with E-state index in [0.29, 0.717) is 12.8 Å². The second kappa shape index (κ2) is 6.43. The highest BCUT2D eigenvalue weighted by atomic mass is 16.3. The Morgan fingerprint density at radius 2 is 1.86 bits per heavy atom. The van der Waals surface area contributed by atoms with Crippen molar-refractivity contribution < 1.29 is 15.3 Å². The van der Waals surface area contributed by atoms with Gasteiger partial charge in [0, 0.05) is 24.0 Å². The summed E-state index contributed by atoms with van der Waals surface area (Å²) in [6.45, 7) is 4.17. The Labute approximate surface area is 173 Å². The Morgan fingerprint density at radius 1 is 1.07 bits per heavy atom. The molecule has 5 atom stereocenters. The fourth-order valence-electron chi connectivity index (χ4n) is 7.35.